The van der Waals surface area contributed by atoms with E-state index in [1.54, 1.807) is 4.90 Å². The number of carbonyl (C=O) groups is 1. The molecule has 0 fully saturated rings. The van der Waals surface area contributed by atoms with Crippen LogP contribution in [0.5, 0.6) is 0 Å². The molecule has 2 aromatic carbocycles. The van der Waals surface area contributed by atoms with Crippen molar-refractivity contribution in [3.05, 3.63) is 59.7 Å². The van der Waals surface area contributed by atoms with Crippen LogP contribution in [0.15, 0.2) is 48.5 Å². The Morgan fingerprint density at radius 3 is 2.41 bits per heavy atom. The van der Waals surface area contributed by atoms with E-state index in [0.717, 1.165) is 31.9 Å². The Balaban J connectivity index is 2.02. The highest BCUT2D eigenvalue weighted by atomic mass is 32.2. The number of likely N-dealkylation sites (N-methyl/N-ethyl adjacent to an activating group) is 1. The molecule has 1 aromatic heterocycles. The molecule has 0 bridgehead atoms. The Bertz CT molecular complexity index is 1110. The van der Waals surface area contributed by atoms with E-state index >= 15 is 0 Å². The molecular formula is C21H25N3O3S2. The summed E-state index contributed by atoms with van der Waals surface area (Å²) in [5.41, 5.74) is 2.97. The standard InChI is InChI=1S/C21H25N3O3S2/c1-15(2)17-11-8-12-18-20(17)22-21(28-18)24(13-16-9-6-5-7-10-16)19(25)14-23(3)29(4,26)27/h5-12,15H,13-14H2,1-4H3. The van der Waals surface area contributed by atoms with Crippen molar-refractivity contribution in [2.45, 2.75) is 26.3 Å². The summed E-state index contributed by atoms with van der Waals surface area (Å²) in [5.74, 6) is -0.00442. The largest absolute Gasteiger partial charge is 0.282 e. The number of rotatable bonds is 7. The summed E-state index contributed by atoms with van der Waals surface area (Å²) in [6.07, 6.45) is 1.09. The van der Waals surface area contributed by atoms with Gasteiger partial charge >= 0.3 is 0 Å². The number of carbonyl (C=O) groups excluding carboxylic acids is 1. The molecule has 0 aliphatic rings. The first kappa shape index (κ1) is 21.4. The molecular weight excluding hydrogens is 406 g/mol. The Kier molecular flexibility index (Phi) is 6.36. The molecule has 0 unspecified atom stereocenters. The minimum Gasteiger partial charge on any atom is -0.282 e. The molecule has 3 rings (SSSR count). The average Bonchev–Trinajstić information content (AvgIpc) is 3.09. The van der Waals surface area contributed by atoms with Crippen molar-refractivity contribution < 1.29 is 13.2 Å². The second-order valence-corrected chi connectivity index (χ2v) is 10.4. The maximum absolute atomic E-state index is 13.1. The molecule has 0 saturated heterocycles. The summed E-state index contributed by atoms with van der Waals surface area (Å²) >= 11 is 1.45. The Hall–Kier alpha value is -2.29. The number of fused-ring (bicyclic) bond motifs is 1. The van der Waals surface area contributed by atoms with Crippen molar-refractivity contribution in [3.63, 3.8) is 0 Å². The van der Waals surface area contributed by atoms with Gasteiger partial charge in [-0.1, -0.05) is 67.6 Å². The van der Waals surface area contributed by atoms with Gasteiger partial charge in [-0.15, -0.1) is 0 Å². The maximum Gasteiger partial charge on any atom is 0.244 e. The Morgan fingerprint density at radius 1 is 1.10 bits per heavy atom. The second-order valence-electron chi connectivity index (χ2n) is 7.33. The Morgan fingerprint density at radius 2 is 1.79 bits per heavy atom. The molecule has 0 aliphatic carbocycles. The number of sulfonamides is 1. The molecule has 29 heavy (non-hydrogen) atoms. The molecule has 3 aromatic rings. The highest BCUT2D eigenvalue weighted by Crippen LogP contribution is 2.34. The van der Waals surface area contributed by atoms with Gasteiger partial charge in [-0.2, -0.15) is 4.31 Å². The molecule has 6 nitrogen and oxygen atoms in total. The van der Waals surface area contributed by atoms with Crippen molar-refractivity contribution >= 4 is 42.6 Å². The first-order valence-electron chi connectivity index (χ1n) is 9.32. The SMILES string of the molecule is CC(C)c1cccc2sc(N(Cc3ccccc3)C(=O)CN(C)S(C)(=O)=O)nc12. The van der Waals surface area contributed by atoms with E-state index in [0.29, 0.717) is 17.6 Å². The van der Waals surface area contributed by atoms with Crippen LogP contribution in [0, 0.1) is 0 Å². The number of aromatic nitrogens is 1. The van der Waals surface area contributed by atoms with Crippen LogP contribution < -0.4 is 4.90 Å². The molecule has 0 radical (unpaired) electrons. The van der Waals surface area contributed by atoms with E-state index in [1.165, 1.54) is 18.4 Å². The maximum atomic E-state index is 13.1. The van der Waals surface area contributed by atoms with Gasteiger partial charge in [-0.25, -0.2) is 13.4 Å². The number of nitrogens with zero attached hydrogens (tertiary/aromatic N) is 3. The van der Waals surface area contributed by atoms with Crippen molar-refractivity contribution in [2.24, 2.45) is 0 Å². The highest BCUT2D eigenvalue weighted by molar-refractivity contribution is 7.88. The average molecular weight is 432 g/mol. The summed E-state index contributed by atoms with van der Waals surface area (Å²) in [4.78, 5) is 19.4. The molecule has 0 aliphatic heterocycles. The van der Waals surface area contributed by atoms with Crippen LogP contribution in [0.4, 0.5) is 5.13 Å². The van der Waals surface area contributed by atoms with Gasteiger partial charge in [0.2, 0.25) is 15.9 Å². The number of benzene rings is 2. The minimum atomic E-state index is -3.46. The van der Waals surface area contributed by atoms with Gasteiger partial charge in [0.25, 0.3) is 0 Å². The van der Waals surface area contributed by atoms with Gasteiger partial charge in [0.15, 0.2) is 5.13 Å². The number of anilines is 1. The quantitative estimate of drug-likeness (QED) is 0.570. The zero-order valence-corrected chi connectivity index (χ0v) is 18.6. The normalized spacial score (nSPS) is 12.1. The van der Waals surface area contributed by atoms with Gasteiger partial charge in [0.1, 0.15) is 0 Å². The van der Waals surface area contributed by atoms with Crippen LogP contribution in [-0.2, 0) is 21.4 Å². The first-order chi connectivity index (χ1) is 13.7. The van der Waals surface area contributed by atoms with E-state index in [9.17, 15) is 13.2 Å². The number of thiazole rings is 1. The molecule has 0 N–H and O–H groups in total. The van der Waals surface area contributed by atoms with E-state index in [1.807, 2.05) is 42.5 Å². The number of hydrogen-bond acceptors (Lipinski definition) is 5. The second kappa shape index (κ2) is 8.61. The smallest absolute Gasteiger partial charge is 0.244 e. The van der Waals surface area contributed by atoms with Crippen molar-refractivity contribution in [3.8, 4) is 0 Å². The van der Waals surface area contributed by atoms with Gasteiger partial charge in [0.05, 0.1) is 29.6 Å². The van der Waals surface area contributed by atoms with Crippen LogP contribution in [0.25, 0.3) is 10.2 Å². The van der Waals surface area contributed by atoms with Gasteiger partial charge in [0, 0.05) is 7.05 Å². The topological polar surface area (TPSA) is 70.6 Å². The Labute approximate surface area is 175 Å². The summed E-state index contributed by atoms with van der Waals surface area (Å²) < 4.78 is 25.6. The van der Waals surface area contributed by atoms with E-state index in [-0.39, 0.29) is 12.5 Å². The van der Waals surface area contributed by atoms with E-state index < -0.39 is 10.0 Å². The summed E-state index contributed by atoms with van der Waals surface area (Å²) in [5, 5.41) is 0.573. The summed E-state index contributed by atoms with van der Waals surface area (Å²) in [6, 6.07) is 15.7. The van der Waals surface area contributed by atoms with Crippen LogP contribution >= 0.6 is 11.3 Å². The lowest BCUT2D eigenvalue weighted by Gasteiger charge is -2.22. The van der Waals surface area contributed by atoms with E-state index in [2.05, 4.69) is 19.9 Å². The molecule has 8 heteroatoms. The number of hydrogen-bond donors (Lipinski definition) is 0. The molecule has 0 spiro atoms. The van der Waals surface area contributed by atoms with Crippen molar-refractivity contribution in [1.29, 1.82) is 0 Å². The first-order valence-corrected chi connectivity index (χ1v) is 12.0. The van der Waals surface area contributed by atoms with Crippen LogP contribution in [0.2, 0.25) is 0 Å². The van der Waals surface area contributed by atoms with Crippen LogP contribution in [-0.4, -0.2) is 43.5 Å². The molecule has 1 amide bonds. The van der Waals surface area contributed by atoms with Crippen LogP contribution in [0.1, 0.15) is 30.9 Å². The lowest BCUT2D eigenvalue weighted by atomic mass is 10.0. The highest BCUT2D eigenvalue weighted by Gasteiger charge is 2.24. The van der Waals surface area contributed by atoms with Crippen molar-refractivity contribution in [2.75, 3.05) is 24.7 Å². The molecule has 0 saturated carbocycles. The predicted octanol–water partition coefficient (Wildman–Crippen LogP) is 3.84. The molecule has 1 heterocycles. The zero-order valence-electron chi connectivity index (χ0n) is 17.0. The minimum absolute atomic E-state index is 0.237. The van der Waals surface area contributed by atoms with Gasteiger partial charge in [-0.05, 0) is 23.1 Å². The number of amides is 1. The number of para-hydroxylation sites is 1. The van der Waals surface area contributed by atoms with Crippen molar-refractivity contribution in [1.82, 2.24) is 9.29 Å². The monoisotopic (exact) mass is 431 g/mol. The van der Waals surface area contributed by atoms with Gasteiger partial charge in [-0.3, -0.25) is 9.69 Å². The lowest BCUT2D eigenvalue weighted by Crippen LogP contribution is -2.40. The zero-order chi connectivity index (χ0) is 21.2. The fraction of sp³-hybridized carbons (Fsp3) is 0.333. The summed E-state index contributed by atoms with van der Waals surface area (Å²) in [7, 11) is -2.05. The fourth-order valence-corrected chi connectivity index (χ4v) is 4.32. The third-order valence-corrected chi connectivity index (χ3v) is 7.01. The lowest BCUT2D eigenvalue weighted by molar-refractivity contribution is -0.118. The van der Waals surface area contributed by atoms with Crippen LogP contribution in [0.3, 0.4) is 0 Å². The fourth-order valence-electron chi connectivity index (χ4n) is 2.96. The molecule has 0 atom stereocenters. The summed E-state index contributed by atoms with van der Waals surface area (Å²) in [6.45, 7) is 4.32. The van der Waals surface area contributed by atoms with Gasteiger partial charge < -0.3 is 0 Å². The third-order valence-electron chi connectivity index (χ3n) is 4.70. The van der Waals surface area contributed by atoms with E-state index in [4.69, 9.17) is 4.98 Å². The molecule has 154 valence electrons. The predicted molar refractivity (Wildman–Crippen MR) is 119 cm³/mol. The third kappa shape index (κ3) is 5.01.